The van der Waals surface area contributed by atoms with Crippen LogP contribution in [0.4, 0.5) is 17.1 Å². The Morgan fingerprint density at radius 2 is 2.11 bits per heavy atom. The van der Waals surface area contributed by atoms with Crippen molar-refractivity contribution in [2.45, 2.75) is 38.6 Å². The highest BCUT2D eigenvalue weighted by atomic mass is 16.6. The Hall–Kier alpha value is -1.78. The van der Waals surface area contributed by atoms with E-state index in [2.05, 4.69) is 17.6 Å². The second-order valence-electron chi connectivity index (χ2n) is 5.14. The molecule has 2 rings (SSSR count). The minimum absolute atomic E-state index is 0.138. The number of nitro benzene ring substituents is 1. The molecule has 5 heteroatoms. The molecule has 0 bridgehead atoms. The Morgan fingerprint density at radius 1 is 1.42 bits per heavy atom. The fourth-order valence-corrected chi connectivity index (χ4v) is 2.36. The highest BCUT2D eigenvalue weighted by Gasteiger charge is 2.26. The molecule has 0 heterocycles. The molecule has 1 unspecified atom stereocenters. The summed E-state index contributed by atoms with van der Waals surface area (Å²) in [5, 5.41) is 17.5. The van der Waals surface area contributed by atoms with Gasteiger partial charge in [-0.1, -0.05) is 25.8 Å². The smallest absolute Gasteiger partial charge is 0.315 e. The van der Waals surface area contributed by atoms with Gasteiger partial charge in [0.2, 0.25) is 0 Å². The van der Waals surface area contributed by atoms with Crippen molar-refractivity contribution in [2.75, 3.05) is 17.7 Å². The Kier molecular flexibility index (Phi) is 4.24. The standard InChI is InChI=1S/C14H21N3O2/c1-3-11(9-10-7-8-10)16-13-6-4-5-12(15-2)14(13)17(18)19/h4-6,10-11,15-16H,3,7-9H2,1-2H3. The van der Waals surface area contributed by atoms with Crippen molar-refractivity contribution in [1.29, 1.82) is 0 Å². The summed E-state index contributed by atoms with van der Waals surface area (Å²) >= 11 is 0. The molecule has 19 heavy (non-hydrogen) atoms. The van der Waals surface area contributed by atoms with Crippen molar-refractivity contribution >= 4 is 17.1 Å². The molecule has 104 valence electrons. The summed E-state index contributed by atoms with van der Waals surface area (Å²) in [6, 6.07) is 5.67. The first-order valence-electron chi connectivity index (χ1n) is 6.87. The van der Waals surface area contributed by atoms with Gasteiger partial charge in [-0.2, -0.15) is 0 Å². The van der Waals surface area contributed by atoms with Gasteiger partial charge in [-0.05, 0) is 30.9 Å². The lowest BCUT2D eigenvalue weighted by Gasteiger charge is -2.18. The van der Waals surface area contributed by atoms with Gasteiger partial charge in [0, 0.05) is 13.1 Å². The second-order valence-corrected chi connectivity index (χ2v) is 5.14. The average molecular weight is 263 g/mol. The van der Waals surface area contributed by atoms with Crippen LogP contribution in [0.2, 0.25) is 0 Å². The highest BCUT2D eigenvalue weighted by molar-refractivity contribution is 5.76. The van der Waals surface area contributed by atoms with Crippen LogP contribution in [0.3, 0.4) is 0 Å². The predicted octanol–water partition coefficient (Wildman–Crippen LogP) is 3.63. The molecule has 1 saturated carbocycles. The molecule has 0 amide bonds. The van der Waals surface area contributed by atoms with Crippen LogP contribution in [0.5, 0.6) is 0 Å². The van der Waals surface area contributed by atoms with E-state index in [9.17, 15) is 10.1 Å². The number of anilines is 2. The van der Waals surface area contributed by atoms with Crippen molar-refractivity contribution in [2.24, 2.45) is 5.92 Å². The third kappa shape index (κ3) is 3.36. The number of hydrogen-bond acceptors (Lipinski definition) is 4. The largest absolute Gasteiger partial charge is 0.382 e. The van der Waals surface area contributed by atoms with E-state index in [1.165, 1.54) is 12.8 Å². The Balaban J connectivity index is 2.19. The van der Waals surface area contributed by atoms with Gasteiger partial charge in [0.05, 0.1) is 4.92 Å². The van der Waals surface area contributed by atoms with Gasteiger partial charge < -0.3 is 10.6 Å². The van der Waals surface area contributed by atoms with Gasteiger partial charge in [0.15, 0.2) is 0 Å². The Bertz CT molecular complexity index is 458. The molecular formula is C14H21N3O2. The van der Waals surface area contributed by atoms with E-state index in [0.29, 0.717) is 17.4 Å². The first kappa shape index (κ1) is 13.6. The normalized spacial score (nSPS) is 15.9. The highest BCUT2D eigenvalue weighted by Crippen LogP contribution is 2.37. The zero-order valence-corrected chi connectivity index (χ0v) is 11.5. The molecule has 0 aromatic heterocycles. The first-order valence-corrected chi connectivity index (χ1v) is 6.87. The summed E-state index contributed by atoms with van der Waals surface area (Å²) in [6.07, 6.45) is 4.70. The zero-order valence-electron chi connectivity index (χ0n) is 11.5. The molecule has 1 atom stereocenters. The molecule has 1 aromatic rings. The van der Waals surface area contributed by atoms with Crippen LogP contribution in [0.1, 0.15) is 32.6 Å². The number of hydrogen-bond donors (Lipinski definition) is 2. The Morgan fingerprint density at radius 3 is 2.63 bits per heavy atom. The lowest BCUT2D eigenvalue weighted by molar-refractivity contribution is -0.383. The predicted molar refractivity (Wildman–Crippen MR) is 77.7 cm³/mol. The SMILES string of the molecule is CCC(CC1CC1)Nc1cccc(NC)c1[N+](=O)[O-]. The van der Waals surface area contributed by atoms with E-state index < -0.39 is 0 Å². The van der Waals surface area contributed by atoms with Gasteiger partial charge in [0.1, 0.15) is 11.4 Å². The molecule has 1 aromatic carbocycles. The first-order chi connectivity index (χ1) is 9.15. The second kappa shape index (κ2) is 5.91. The maximum atomic E-state index is 11.2. The number of benzene rings is 1. The summed E-state index contributed by atoms with van der Waals surface area (Å²) < 4.78 is 0. The molecule has 0 aliphatic heterocycles. The summed E-state index contributed by atoms with van der Waals surface area (Å²) in [6.45, 7) is 2.12. The third-order valence-electron chi connectivity index (χ3n) is 3.66. The molecule has 0 saturated heterocycles. The van der Waals surface area contributed by atoms with Crippen molar-refractivity contribution < 1.29 is 4.92 Å². The maximum absolute atomic E-state index is 11.2. The summed E-state index contributed by atoms with van der Waals surface area (Å²) in [5.41, 5.74) is 1.31. The summed E-state index contributed by atoms with van der Waals surface area (Å²) in [4.78, 5) is 10.9. The monoisotopic (exact) mass is 263 g/mol. The molecule has 1 aliphatic rings. The molecule has 1 fully saturated rings. The van der Waals surface area contributed by atoms with E-state index in [1.54, 1.807) is 19.2 Å². The van der Waals surface area contributed by atoms with E-state index in [4.69, 9.17) is 0 Å². The minimum atomic E-state index is -0.321. The Labute approximate surface area is 113 Å². The van der Waals surface area contributed by atoms with Gasteiger partial charge in [0.25, 0.3) is 0 Å². The number of rotatable bonds is 7. The zero-order chi connectivity index (χ0) is 13.8. The molecular weight excluding hydrogens is 242 g/mol. The molecule has 0 spiro atoms. The number of nitro groups is 1. The van der Waals surface area contributed by atoms with E-state index in [0.717, 1.165) is 18.8 Å². The summed E-state index contributed by atoms with van der Waals surface area (Å²) in [7, 11) is 1.70. The van der Waals surface area contributed by atoms with Gasteiger partial charge in [-0.25, -0.2) is 0 Å². The minimum Gasteiger partial charge on any atom is -0.382 e. The van der Waals surface area contributed by atoms with Crippen LogP contribution in [0.25, 0.3) is 0 Å². The molecule has 2 N–H and O–H groups in total. The third-order valence-corrected chi connectivity index (χ3v) is 3.66. The lowest BCUT2D eigenvalue weighted by atomic mass is 10.1. The van der Waals surface area contributed by atoms with E-state index in [1.807, 2.05) is 6.07 Å². The van der Waals surface area contributed by atoms with Crippen molar-refractivity contribution in [3.05, 3.63) is 28.3 Å². The van der Waals surface area contributed by atoms with Gasteiger partial charge in [-0.3, -0.25) is 10.1 Å². The van der Waals surface area contributed by atoms with Crippen LogP contribution >= 0.6 is 0 Å². The van der Waals surface area contributed by atoms with Crippen molar-refractivity contribution in [3.8, 4) is 0 Å². The fourth-order valence-electron chi connectivity index (χ4n) is 2.36. The van der Waals surface area contributed by atoms with Gasteiger partial charge >= 0.3 is 5.69 Å². The van der Waals surface area contributed by atoms with Crippen LogP contribution in [-0.2, 0) is 0 Å². The van der Waals surface area contributed by atoms with E-state index in [-0.39, 0.29) is 10.6 Å². The number of nitrogens with one attached hydrogen (secondary N) is 2. The quantitative estimate of drug-likeness (QED) is 0.582. The number of para-hydroxylation sites is 1. The van der Waals surface area contributed by atoms with Crippen LogP contribution < -0.4 is 10.6 Å². The number of nitrogens with zero attached hydrogens (tertiary/aromatic N) is 1. The topological polar surface area (TPSA) is 67.2 Å². The fraction of sp³-hybridized carbons (Fsp3) is 0.571. The molecule has 0 radical (unpaired) electrons. The molecule has 1 aliphatic carbocycles. The molecule has 5 nitrogen and oxygen atoms in total. The van der Waals surface area contributed by atoms with Crippen molar-refractivity contribution in [3.63, 3.8) is 0 Å². The average Bonchev–Trinajstić information content (AvgIpc) is 3.21. The maximum Gasteiger partial charge on any atom is 0.315 e. The lowest BCUT2D eigenvalue weighted by Crippen LogP contribution is -2.20. The van der Waals surface area contributed by atoms with Crippen LogP contribution in [-0.4, -0.2) is 18.0 Å². The van der Waals surface area contributed by atoms with Crippen molar-refractivity contribution in [1.82, 2.24) is 0 Å². The van der Waals surface area contributed by atoms with Crippen LogP contribution in [0.15, 0.2) is 18.2 Å². The van der Waals surface area contributed by atoms with Crippen LogP contribution in [0, 0.1) is 16.0 Å². The van der Waals surface area contributed by atoms with Gasteiger partial charge in [-0.15, -0.1) is 0 Å². The van der Waals surface area contributed by atoms with E-state index >= 15 is 0 Å². The summed E-state index contributed by atoms with van der Waals surface area (Å²) in [5.74, 6) is 0.809.